The summed E-state index contributed by atoms with van der Waals surface area (Å²) in [6.07, 6.45) is -2.63. The van der Waals surface area contributed by atoms with Crippen molar-refractivity contribution in [3.63, 3.8) is 0 Å². The number of piperazine rings is 1. The first-order valence-electron chi connectivity index (χ1n) is 8.61. The van der Waals surface area contributed by atoms with Crippen molar-refractivity contribution in [3.05, 3.63) is 59.8 Å². The van der Waals surface area contributed by atoms with E-state index in [0.717, 1.165) is 5.82 Å². The van der Waals surface area contributed by atoms with E-state index >= 15 is 0 Å². The van der Waals surface area contributed by atoms with Crippen LogP contribution in [-0.2, 0) is 11.3 Å². The van der Waals surface area contributed by atoms with Crippen LogP contribution >= 0.6 is 0 Å². The van der Waals surface area contributed by atoms with E-state index in [9.17, 15) is 18.0 Å². The van der Waals surface area contributed by atoms with Crippen molar-refractivity contribution in [2.24, 2.45) is 0 Å². The maximum absolute atomic E-state index is 12.7. The van der Waals surface area contributed by atoms with Crippen molar-refractivity contribution >= 4 is 11.7 Å². The minimum absolute atomic E-state index is 0.131. The molecule has 1 aliphatic heterocycles. The first-order valence-corrected chi connectivity index (χ1v) is 8.61. The molecule has 1 fully saturated rings. The number of pyridine rings is 1. The Morgan fingerprint density at radius 1 is 1.07 bits per heavy atom. The maximum atomic E-state index is 12.7. The molecular formula is C19H20F3N3O2. The Morgan fingerprint density at radius 2 is 1.85 bits per heavy atom. The molecule has 8 heteroatoms. The number of carbonyl (C=O) groups is 1. The van der Waals surface area contributed by atoms with Crippen LogP contribution in [0.3, 0.4) is 0 Å². The van der Waals surface area contributed by atoms with Gasteiger partial charge in [0.2, 0.25) is 0 Å². The Kier molecular flexibility index (Phi) is 5.95. The van der Waals surface area contributed by atoms with Gasteiger partial charge in [-0.3, -0.25) is 4.79 Å². The zero-order valence-corrected chi connectivity index (χ0v) is 14.7. The fourth-order valence-electron chi connectivity index (χ4n) is 2.94. The molecule has 1 saturated heterocycles. The lowest BCUT2D eigenvalue weighted by molar-refractivity contribution is -0.176. The summed E-state index contributed by atoms with van der Waals surface area (Å²) in [5.74, 6) is 0.752. The Bertz CT molecular complexity index is 760. The van der Waals surface area contributed by atoms with Gasteiger partial charge in [-0.25, -0.2) is 4.98 Å². The van der Waals surface area contributed by atoms with Crippen LogP contribution in [0.25, 0.3) is 0 Å². The Balaban J connectivity index is 1.56. The number of rotatable bonds is 5. The summed E-state index contributed by atoms with van der Waals surface area (Å²) in [6.45, 7) is 0.984. The van der Waals surface area contributed by atoms with E-state index in [0.29, 0.717) is 37.3 Å². The standard InChI is InChI=1S/C19H20F3N3O2/c20-19(21,22)14-27-13-15-4-3-5-16(12-15)18(26)25-10-8-24(9-11-25)17-6-1-2-7-23-17/h1-7,12H,8-11,13-14H2. The quantitative estimate of drug-likeness (QED) is 0.801. The van der Waals surface area contributed by atoms with Crippen molar-refractivity contribution in [2.75, 3.05) is 37.7 Å². The molecule has 1 aliphatic rings. The molecule has 1 amide bonds. The van der Waals surface area contributed by atoms with Crippen LogP contribution in [0.5, 0.6) is 0 Å². The van der Waals surface area contributed by atoms with Crippen molar-refractivity contribution in [3.8, 4) is 0 Å². The minimum atomic E-state index is -4.36. The van der Waals surface area contributed by atoms with E-state index in [1.165, 1.54) is 0 Å². The van der Waals surface area contributed by atoms with Crippen LogP contribution in [0.15, 0.2) is 48.7 Å². The Hall–Kier alpha value is -2.61. The average molecular weight is 379 g/mol. The Labute approximate surface area is 155 Å². The van der Waals surface area contributed by atoms with Crippen LogP contribution in [-0.4, -0.2) is 54.8 Å². The molecule has 0 radical (unpaired) electrons. The molecule has 27 heavy (non-hydrogen) atoms. The van der Waals surface area contributed by atoms with E-state index in [4.69, 9.17) is 0 Å². The molecule has 0 atom stereocenters. The summed E-state index contributed by atoms with van der Waals surface area (Å²) in [5, 5.41) is 0. The summed E-state index contributed by atoms with van der Waals surface area (Å²) in [4.78, 5) is 20.9. The van der Waals surface area contributed by atoms with Crippen molar-refractivity contribution in [1.29, 1.82) is 0 Å². The van der Waals surface area contributed by atoms with Crippen molar-refractivity contribution in [2.45, 2.75) is 12.8 Å². The number of anilines is 1. The predicted molar refractivity (Wildman–Crippen MR) is 94.5 cm³/mol. The van der Waals surface area contributed by atoms with E-state index in [2.05, 4.69) is 14.6 Å². The molecule has 0 N–H and O–H groups in total. The molecule has 2 heterocycles. The van der Waals surface area contributed by atoms with Gasteiger partial charge in [0, 0.05) is 37.9 Å². The van der Waals surface area contributed by atoms with Gasteiger partial charge in [0.15, 0.2) is 0 Å². The largest absolute Gasteiger partial charge is 0.411 e. The molecule has 144 valence electrons. The van der Waals surface area contributed by atoms with Gasteiger partial charge in [-0.1, -0.05) is 18.2 Å². The zero-order chi connectivity index (χ0) is 19.3. The number of carbonyl (C=O) groups excluding carboxylic acids is 1. The van der Waals surface area contributed by atoms with Crippen LogP contribution in [0.4, 0.5) is 19.0 Å². The SMILES string of the molecule is O=C(c1cccc(COCC(F)(F)F)c1)N1CCN(c2ccccn2)CC1. The molecule has 0 bridgehead atoms. The number of alkyl halides is 3. The monoisotopic (exact) mass is 379 g/mol. The van der Waals surface area contributed by atoms with Gasteiger partial charge in [-0.15, -0.1) is 0 Å². The molecule has 1 aromatic heterocycles. The van der Waals surface area contributed by atoms with E-state index < -0.39 is 12.8 Å². The highest BCUT2D eigenvalue weighted by atomic mass is 19.4. The van der Waals surface area contributed by atoms with Gasteiger partial charge in [-0.05, 0) is 29.8 Å². The lowest BCUT2D eigenvalue weighted by Crippen LogP contribution is -2.49. The molecule has 3 rings (SSSR count). The third-order valence-corrected chi connectivity index (χ3v) is 4.25. The summed E-state index contributed by atoms with van der Waals surface area (Å²) in [6, 6.07) is 12.3. The molecule has 2 aromatic rings. The van der Waals surface area contributed by atoms with Gasteiger partial charge in [-0.2, -0.15) is 13.2 Å². The highest BCUT2D eigenvalue weighted by Crippen LogP contribution is 2.17. The predicted octanol–water partition coefficient (Wildman–Crippen LogP) is 3.12. The topological polar surface area (TPSA) is 45.7 Å². The second-order valence-electron chi connectivity index (χ2n) is 6.28. The van der Waals surface area contributed by atoms with Crippen molar-refractivity contribution in [1.82, 2.24) is 9.88 Å². The van der Waals surface area contributed by atoms with E-state index in [1.54, 1.807) is 35.4 Å². The van der Waals surface area contributed by atoms with E-state index in [-0.39, 0.29) is 12.5 Å². The minimum Gasteiger partial charge on any atom is -0.367 e. The van der Waals surface area contributed by atoms with Gasteiger partial charge in [0.05, 0.1) is 6.61 Å². The molecule has 5 nitrogen and oxygen atoms in total. The van der Waals surface area contributed by atoms with Crippen molar-refractivity contribution < 1.29 is 22.7 Å². The van der Waals surface area contributed by atoms with Crippen LogP contribution < -0.4 is 4.90 Å². The normalized spacial score (nSPS) is 15.1. The van der Waals surface area contributed by atoms with Gasteiger partial charge in [0.25, 0.3) is 5.91 Å². The number of amides is 1. The summed E-state index contributed by atoms with van der Waals surface area (Å²) in [7, 11) is 0. The van der Waals surface area contributed by atoms with Gasteiger partial charge in [0.1, 0.15) is 12.4 Å². The average Bonchev–Trinajstić information content (AvgIpc) is 2.67. The summed E-state index contributed by atoms with van der Waals surface area (Å²) in [5.41, 5.74) is 0.992. The number of ether oxygens (including phenoxy) is 1. The summed E-state index contributed by atoms with van der Waals surface area (Å²) >= 11 is 0. The molecular weight excluding hydrogens is 359 g/mol. The van der Waals surface area contributed by atoms with Crippen LogP contribution in [0.1, 0.15) is 15.9 Å². The van der Waals surface area contributed by atoms with Crippen LogP contribution in [0, 0.1) is 0 Å². The lowest BCUT2D eigenvalue weighted by atomic mass is 10.1. The second kappa shape index (κ2) is 8.39. The number of hydrogen-bond donors (Lipinski definition) is 0. The molecule has 0 aliphatic carbocycles. The fourth-order valence-corrected chi connectivity index (χ4v) is 2.94. The van der Waals surface area contributed by atoms with Gasteiger partial charge < -0.3 is 14.5 Å². The summed E-state index contributed by atoms with van der Waals surface area (Å²) < 4.78 is 41.2. The highest BCUT2D eigenvalue weighted by Gasteiger charge is 2.27. The molecule has 0 spiro atoms. The second-order valence-corrected chi connectivity index (χ2v) is 6.28. The molecule has 1 aromatic carbocycles. The lowest BCUT2D eigenvalue weighted by Gasteiger charge is -2.35. The molecule has 0 unspecified atom stereocenters. The van der Waals surface area contributed by atoms with Crippen LogP contribution in [0.2, 0.25) is 0 Å². The third kappa shape index (κ3) is 5.43. The number of benzene rings is 1. The maximum Gasteiger partial charge on any atom is 0.411 e. The number of aromatic nitrogens is 1. The number of hydrogen-bond acceptors (Lipinski definition) is 4. The first kappa shape index (κ1) is 19.2. The third-order valence-electron chi connectivity index (χ3n) is 4.25. The Morgan fingerprint density at radius 3 is 2.52 bits per heavy atom. The zero-order valence-electron chi connectivity index (χ0n) is 14.7. The number of nitrogens with zero attached hydrogens (tertiary/aromatic N) is 3. The highest BCUT2D eigenvalue weighted by molar-refractivity contribution is 5.94. The molecule has 0 saturated carbocycles. The first-order chi connectivity index (χ1) is 12.9. The van der Waals surface area contributed by atoms with E-state index in [1.807, 2.05) is 18.2 Å². The fraction of sp³-hybridized carbons (Fsp3) is 0.368. The number of halogens is 3. The smallest absolute Gasteiger partial charge is 0.367 e. The van der Waals surface area contributed by atoms with Gasteiger partial charge >= 0.3 is 6.18 Å².